The number of sulfonamides is 1. The number of carbonyl (C=O) groups is 1. The highest BCUT2D eigenvalue weighted by molar-refractivity contribution is 7.88. The van der Waals surface area contributed by atoms with Gasteiger partial charge in [0.2, 0.25) is 10.0 Å². The highest BCUT2D eigenvalue weighted by Gasteiger charge is 2.25. The smallest absolute Gasteiger partial charge is 0.317 e. The largest absolute Gasteiger partial charge is 0.331 e. The lowest BCUT2D eigenvalue weighted by atomic mass is 10.3. The molecule has 9 heteroatoms. The third-order valence-corrected chi connectivity index (χ3v) is 6.06. The predicted molar refractivity (Wildman–Crippen MR) is 89.8 cm³/mol. The summed E-state index contributed by atoms with van der Waals surface area (Å²) in [6.07, 6.45) is 1.19. The van der Waals surface area contributed by atoms with Crippen LogP contribution in [-0.4, -0.2) is 61.1 Å². The summed E-state index contributed by atoms with van der Waals surface area (Å²) in [5.41, 5.74) is 0.934. The lowest BCUT2D eigenvalue weighted by Gasteiger charge is -2.33. The van der Waals surface area contributed by atoms with Crippen LogP contribution in [0.5, 0.6) is 0 Å². The minimum atomic E-state index is -3.18. The van der Waals surface area contributed by atoms with Crippen LogP contribution in [0.2, 0.25) is 0 Å². The van der Waals surface area contributed by atoms with Gasteiger partial charge in [-0.1, -0.05) is 12.1 Å². The van der Waals surface area contributed by atoms with E-state index in [2.05, 4.69) is 10.3 Å². The summed E-state index contributed by atoms with van der Waals surface area (Å²) in [7, 11) is -3.18. The Bertz CT molecular complexity index is 777. The molecule has 3 rings (SSSR count). The quantitative estimate of drug-likeness (QED) is 0.894. The Hall–Kier alpha value is -1.71. The van der Waals surface area contributed by atoms with Crippen molar-refractivity contribution in [1.82, 2.24) is 19.5 Å². The molecule has 0 saturated carbocycles. The van der Waals surface area contributed by atoms with Crippen LogP contribution in [0.25, 0.3) is 10.2 Å². The zero-order valence-corrected chi connectivity index (χ0v) is 14.4. The molecule has 0 spiro atoms. The first kappa shape index (κ1) is 16.2. The summed E-state index contributed by atoms with van der Waals surface area (Å²) >= 11 is 1.56. The first-order valence-electron chi connectivity index (χ1n) is 7.26. The van der Waals surface area contributed by atoms with Crippen LogP contribution in [0.15, 0.2) is 24.3 Å². The number of benzene rings is 1. The van der Waals surface area contributed by atoms with Crippen molar-refractivity contribution in [3.63, 3.8) is 0 Å². The number of hydrogen-bond donors (Lipinski definition) is 1. The monoisotopic (exact) mass is 354 g/mol. The van der Waals surface area contributed by atoms with E-state index in [-0.39, 0.29) is 6.03 Å². The lowest BCUT2D eigenvalue weighted by Crippen LogP contribution is -2.52. The van der Waals surface area contributed by atoms with Crippen molar-refractivity contribution in [2.45, 2.75) is 6.54 Å². The van der Waals surface area contributed by atoms with Gasteiger partial charge in [0.25, 0.3) is 0 Å². The average molecular weight is 354 g/mol. The molecule has 7 nitrogen and oxygen atoms in total. The molecule has 1 aromatic carbocycles. The van der Waals surface area contributed by atoms with Gasteiger partial charge in [0.15, 0.2) is 0 Å². The Morgan fingerprint density at radius 2 is 1.96 bits per heavy atom. The number of nitrogens with zero attached hydrogens (tertiary/aromatic N) is 3. The zero-order chi connectivity index (χ0) is 16.4. The van der Waals surface area contributed by atoms with E-state index in [0.29, 0.717) is 32.7 Å². The molecule has 1 fully saturated rings. The summed E-state index contributed by atoms with van der Waals surface area (Å²) in [6, 6.07) is 7.66. The summed E-state index contributed by atoms with van der Waals surface area (Å²) in [5.74, 6) is 0. The molecule has 2 heterocycles. The minimum absolute atomic E-state index is 0.183. The van der Waals surface area contributed by atoms with E-state index in [1.807, 2.05) is 24.3 Å². The normalized spacial score (nSPS) is 16.7. The second-order valence-electron chi connectivity index (χ2n) is 5.38. The maximum Gasteiger partial charge on any atom is 0.317 e. The molecule has 1 aliphatic heterocycles. The van der Waals surface area contributed by atoms with Gasteiger partial charge in [-0.05, 0) is 12.1 Å². The summed E-state index contributed by atoms with van der Waals surface area (Å²) < 4.78 is 25.4. The van der Waals surface area contributed by atoms with Crippen LogP contribution in [0.1, 0.15) is 5.01 Å². The predicted octanol–water partition coefficient (Wildman–Crippen LogP) is 1.08. The van der Waals surface area contributed by atoms with Gasteiger partial charge >= 0.3 is 6.03 Å². The van der Waals surface area contributed by atoms with Gasteiger partial charge in [-0.15, -0.1) is 11.3 Å². The van der Waals surface area contributed by atoms with Crippen LogP contribution in [0.4, 0.5) is 4.79 Å². The number of fused-ring (bicyclic) bond motifs is 1. The van der Waals surface area contributed by atoms with E-state index in [0.717, 1.165) is 15.2 Å². The molecule has 0 unspecified atom stereocenters. The number of piperazine rings is 1. The average Bonchev–Trinajstić information content (AvgIpc) is 2.95. The second-order valence-corrected chi connectivity index (χ2v) is 8.48. The van der Waals surface area contributed by atoms with Gasteiger partial charge < -0.3 is 10.2 Å². The van der Waals surface area contributed by atoms with Crippen LogP contribution in [0, 0.1) is 0 Å². The van der Waals surface area contributed by atoms with Crippen molar-refractivity contribution >= 4 is 37.6 Å². The van der Waals surface area contributed by atoms with Crippen molar-refractivity contribution < 1.29 is 13.2 Å². The summed E-state index contributed by atoms with van der Waals surface area (Å²) in [4.78, 5) is 18.3. The lowest BCUT2D eigenvalue weighted by molar-refractivity contribution is 0.172. The fraction of sp³-hybridized carbons (Fsp3) is 0.429. The number of amides is 2. The number of urea groups is 1. The zero-order valence-electron chi connectivity index (χ0n) is 12.7. The molecule has 2 amide bonds. The molecular formula is C14H18N4O3S2. The Labute approximate surface area is 139 Å². The van der Waals surface area contributed by atoms with Gasteiger partial charge in [0, 0.05) is 26.2 Å². The Morgan fingerprint density at radius 1 is 1.26 bits per heavy atom. The maximum absolute atomic E-state index is 12.2. The molecule has 0 radical (unpaired) electrons. The van der Waals surface area contributed by atoms with Crippen LogP contribution in [0.3, 0.4) is 0 Å². The number of hydrogen-bond acceptors (Lipinski definition) is 5. The van der Waals surface area contributed by atoms with Crippen molar-refractivity contribution in [2.24, 2.45) is 0 Å². The van der Waals surface area contributed by atoms with E-state index in [1.54, 1.807) is 16.2 Å². The Balaban J connectivity index is 1.54. The molecular weight excluding hydrogens is 336 g/mol. The highest BCUT2D eigenvalue weighted by Crippen LogP contribution is 2.21. The Morgan fingerprint density at radius 3 is 2.61 bits per heavy atom. The van der Waals surface area contributed by atoms with E-state index in [1.165, 1.54) is 10.6 Å². The standard InChI is InChI=1S/C14H18N4O3S2/c1-23(20,21)18-8-6-17(7-9-18)14(19)15-10-13-16-11-4-2-3-5-12(11)22-13/h2-5H,6-10H2,1H3,(H,15,19). The van der Waals surface area contributed by atoms with E-state index in [9.17, 15) is 13.2 Å². The van der Waals surface area contributed by atoms with Crippen molar-refractivity contribution in [2.75, 3.05) is 32.4 Å². The third kappa shape index (κ3) is 3.80. The number of carbonyl (C=O) groups excluding carboxylic acids is 1. The van der Waals surface area contributed by atoms with Gasteiger partial charge in [-0.2, -0.15) is 4.31 Å². The fourth-order valence-electron chi connectivity index (χ4n) is 2.48. The third-order valence-electron chi connectivity index (χ3n) is 3.72. The van der Waals surface area contributed by atoms with E-state index >= 15 is 0 Å². The van der Waals surface area contributed by atoms with Gasteiger partial charge in [0.1, 0.15) is 5.01 Å². The van der Waals surface area contributed by atoms with Crippen LogP contribution in [-0.2, 0) is 16.6 Å². The molecule has 23 heavy (non-hydrogen) atoms. The molecule has 0 aliphatic carbocycles. The number of thiazole rings is 1. The first-order chi connectivity index (χ1) is 10.9. The molecule has 2 aromatic rings. The van der Waals surface area contributed by atoms with Crippen LogP contribution >= 0.6 is 11.3 Å². The molecule has 1 N–H and O–H groups in total. The SMILES string of the molecule is CS(=O)(=O)N1CCN(C(=O)NCc2nc3ccccc3s2)CC1. The number of para-hydroxylation sites is 1. The number of rotatable bonds is 3. The molecule has 1 aromatic heterocycles. The van der Waals surface area contributed by atoms with E-state index < -0.39 is 10.0 Å². The summed E-state index contributed by atoms with van der Waals surface area (Å²) in [5, 5.41) is 3.71. The highest BCUT2D eigenvalue weighted by atomic mass is 32.2. The first-order valence-corrected chi connectivity index (χ1v) is 9.92. The fourth-order valence-corrected chi connectivity index (χ4v) is 4.22. The van der Waals surface area contributed by atoms with Gasteiger partial charge in [-0.25, -0.2) is 18.2 Å². The van der Waals surface area contributed by atoms with Crippen molar-refractivity contribution in [3.05, 3.63) is 29.3 Å². The molecule has 0 atom stereocenters. The summed E-state index contributed by atoms with van der Waals surface area (Å²) in [6.45, 7) is 1.86. The van der Waals surface area contributed by atoms with Gasteiger partial charge in [-0.3, -0.25) is 0 Å². The topological polar surface area (TPSA) is 82.6 Å². The molecule has 0 bridgehead atoms. The number of aromatic nitrogens is 1. The molecule has 124 valence electrons. The number of nitrogens with one attached hydrogen (secondary N) is 1. The second kappa shape index (κ2) is 6.42. The van der Waals surface area contributed by atoms with E-state index in [4.69, 9.17) is 0 Å². The Kier molecular flexibility index (Phi) is 4.51. The maximum atomic E-state index is 12.2. The van der Waals surface area contributed by atoms with Crippen LogP contribution < -0.4 is 5.32 Å². The van der Waals surface area contributed by atoms with Gasteiger partial charge in [0.05, 0.1) is 23.0 Å². The molecule has 1 saturated heterocycles. The van der Waals surface area contributed by atoms with Crippen molar-refractivity contribution in [1.29, 1.82) is 0 Å². The van der Waals surface area contributed by atoms with Crippen molar-refractivity contribution in [3.8, 4) is 0 Å². The molecule has 1 aliphatic rings. The minimum Gasteiger partial charge on any atom is -0.331 e.